The van der Waals surface area contributed by atoms with Crippen molar-refractivity contribution < 1.29 is 23.9 Å². The van der Waals surface area contributed by atoms with Crippen LogP contribution in [-0.2, 0) is 15.1 Å². The molecule has 0 saturated carbocycles. The molecule has 1 fully saturated rings. The van der Waals surface area contributed by atoms with Crippen LogP contribution in [0.2, 0.25) is 5.02 Å². The van der Waals surface area contributed by atoms with Crippen molar-refractivity contribution in [3.05, 3.63) is 51.5 Å². The van der Waals surface area contributed by atoms with Crippen molar-refractivity contribution in [3.63, 3.8) is 0 Å². The van der Waals surface area contributed by atoms with Crippen LogP contribution in [0.15, 0.2) is 40.9 Å². The summed E-state index contributed by atoms with van der Waals surface area (Å²) in [4.78, 5) is 38.9. The Morgan fingerprint density at radius 1 is 1.20 bits per heavy atom. The third-order valence-electron chi connectivity index (χ3n) is 4.73. The molecule has 0 spiro atoms. The molecule has 10 heteroatoms. The first kappa shape index (κ1) is 21.9. The molecule has 2 aromatic rings. The van der Waals surface area contributed by atoms with E-state index in [9.17, 15) is 14.4 Å². The van der Waals surface area contributed by atoms with E-state index in [1.54, 1.807) is 25.1 Å². The first-order valence-corrected chi connectivity index (χ1v) is 9.98. The van der Waals surface area contributed by atoms with Gasteiger partial charge >= 0.3 is 6.03 Å². The van der Waals surface area contributed by atoms with Crippen LogP contribution in [0.1, 0.15) is 12.5 Å². The molecule has 1 heterocycles. The summed E-state index contributed by atoms with van der Waals surface area (Å²) in [5.41, 5.74) is -0.390. The zero-order valence-corrected chi connectivity index (χ0v) is 18.8. The number of hydrogen-bond donors (Lipinski definition) is 2. The van der Waals surface area contributed by atoms with Crippen LogP contribution in [0, 0.1) is 0 Å². The Kier molecular flexibility index (Phi) is 6.23. The van der Waals surface area contributed by atoms with Crippen molar-refractivity contribution in [1.29, 1.82) is 0 Å². The summed E-state index contributed by atoms with van der Waals surface area (Å²) in [5, 5.41) is 5.55. The molecule has 4 amide bonds. The van der Waals surface area contributed by atoms with Crippen LogP contribution >= 0.6 is 27.5 Å². The van der Waals surface area contributed by atoms with Gasteiger partial charge in [0.25, 0.3) is 5.91 Å². The van der Waals surface area contributed by atoms with Crippen LogP contribution in [0.5, 0.6) is 11.5 Å². The molecule has 158 valence electrons. The number of halogens is 2. The Morgan fingerprint density at radius 3 is 2.53 bits per heavy atom. The molecule has 0 bridgehead atoms. The first-order valence-electron chi connectivity index (χ1n) is 8.81. The molecule has 1 atom stereocenters. The topological polar surface area (TPSA) is 97.0 Å². The van der Waals surface area contributed by atoms with Gasteiger partial charge in [-0.1, -0.05) is 39.7 Å². The van der Waals surface area contributed by atoms with E-state index in [1.807, 2.05) is 6.07 Å². The molecular formula is C20H19BrClN3O5. The summed E-state index contributed by atoms with van der Waals surface area (Å²) in [6.45, 7) is 1.13. The summed E-state index contributed by atoms with van der Waals surface area (Å²) in [6.07, 6.45) is 0. The number of nitrogens with zero attached hydrogens (tertiary/aromatic N) is 1. The number of rotatable bonds is 6. The Bertz CT molecular complexity index is 1030. The van der Waals surface area contributed by atoms with E-state index in [0.29, 0.717) is 17.1 Å². The fourth-order valence-corrected chi connectivity index (χ4v) is 3.77. The monoisotopic (exact) mass is 495 g/mol. The molecule has 30 heavy (non-hydrogen) atoms. The number of nitrogens with one attached hydrogen (secondary N) is 2. The van der Waals surface area contributed by atoms with Crippen molar-refractivity contribution in [1.82, 2.24) is 10.2 Å². The molecule has 1 aliphatic heterocycles. The van der Waals surface area contributed by atoms with Gasteiger partial charge in [-0.2, -0.15) is 0 Å². The minimum absolute atomic E-state index is 0.269. The summed E-state index contributed by atoms with van der Waals surface area (Å²) < 4.78 is 11.1. The minimum atomic E-state index is -1.28. The van der Waals surface area contributed by atoms with Gasteiger partial charge in [0, 0.05) is 10.5 Å². The van der Waals surface area contributed by atoms with E-state index in [0.717, 1.165) is 9.37 Å². The van der Waals surface area contributed by atoms with E-state index >= 15 is 0 Å². The second-order valence-corrected chi connectivity index (χ2v) is 8.01. The maximum Gasteiger partial charge on any atom is 0.325 e. The smallest absolute Gasteiger partial charge is 0.325 e. The number of carbonyl (C=O) groups is 3. The van der Waals surface area contributed by atoms with Crippen molar-refractivity contribution in [2.24, 2.45) is 0 Å². The molecule has 1 aliphatic rings. The van der Waals surface area contributed by atoms with Gasteiger partial charge in [0.05, 0.1) is 24.9 Å². The van der Waals surface area contributed by atoms with E-state index in [4.69, 9.17) is 21.1 Å². The molecule has 3 rings (SSSR count). The lowest BCUT2D eigenvalue weighted by Gasteiger charge is -2.22. The Balaban J connectivity index is 1.78. The zero-order chi connectivity index (χ0) is 22.1. The van der Waals surface area contributed by atoms with Crippen LogP contribution in [0.4, 0.5) is 10.5 Å². The number of amides is 4. The SMILES string of the molecule is COc1cc(OC)c(NC(=O)CN2C(=O)NC(C)(c3cccc(Br)c3)C2=O)cc1Cl. The van der Waals surface area contributed by atoms with Crippen molar-refractivity contribution in [3.8, 4) is 11.5 Å². The summed E-state index contributed by atoms with van der Waals surface area (Å²) >= 11 is 9.47. The largest absolute Gasteiger partial charge is 0.495 e. The highest BCUT2D eigenvalue weighted by molar-refractivity contribution is 9.10. The van der Waals surface area contributed by atoms with Crippen molar-refractivity contribution in [2.75, 3.05) is 26.1 Å². The highest BCUT2D eigenvalue weighted by Crippen LogP contribution is 2.36. The third-order valence-corrected chi connectivity index (χ3v) is 5.52. The average Bonchev–Trinajstić information content (AvgIpc) is 2.92. The molecule has 8 nitrogen and oxygen atoms in total. The fourth-order valence-electron chi connectivity index (χ4n) is 3.13. The minimum Gasteiger partial charge on any atom is -0.495 e. The van der Waals surface area contributed by atoms with Gasteiger partial charge in [-0.05, 0) is 30.7 Å². The van der Waals surface area contributed by atoms with Gasteiger partial charge < -0.3 is 20.1 Å². The number of carbonyl (C=O) groups excluding carboxylic acids is 3. The fraction of sp³-hybridized carbons (Fsp3) is 0.250. The van der Waals surface area contributed by atoms with Gasteiger partial charge in [-0.3, -0.25) is 14.5 Å². The maximum absolute atomic E-state index is 13.0. The number of methoxy groups -OCH3 is 2. The second-order valence-electron chi connectivity index (χ2n) is 6.69. The van der Waals surface area contributed by atoms with Crippen molar-refractivity contribution >= 4 is 51.1 Å². The Hall–Kier alpha value is -2.78. The lowest BCUT2D eigenvalue weighted by atomic mass is 9.92. The van der Waals surface area contributed by atoms with Crippen LogP contribution < -0.4 is 20.1 Å². The molecule has 0 radical (unpaired) electrons. The highest BCUT2D eigenvalue weighted by atomic mass is 79.9. The molecule has 2 N–H and O–H groups in total. The van der Waals surface area contributed by atoms with Crippen LogP contribution in [0.25, 0.3) is 0 Å². The summed E-state index contributed by atoms with van der Waals surface area (Å²) in [5.74, 6) is -0.414. The number of ether oxygens (including phenoxy) is 2. The van der Waals surface area contributed by atoms with Crippen LogP contribution in [-0.4, -0.2) is 43.5 Å². The predicted molar refractivity (Wildman–Crippen MR) is 115 cm³/mol. The number of benzene rings is 2. The zero-order valence-electron chi connectivity index (χ0n) is 16.4. The molecule has 0 aliphatic carbocycles. The average molecular weight is 497 g/mol. The number of hydrogen-bond acceptors (Lipinski definition) is 5. The van der Waals surface area contributed by atoms with Gasteiger partial charge in [0.15, 0.2) is 0 Å². The van der Waals surface area contributed by atoms with Gasteiger partial charge in [-0.25, -0.2) is 4.79 Å². The maximum atomic E-state index is 13.0. The molecule has 1 saturated heterocycles. The normalized spacial score (nSPS) is 18.2. The van der Waals surface area contributed by atoms with Gasteiger partial charge in [0.1, 0.15) is 23.6 Å². The summed E-state index contributed by atoms with van der Waals surface area (Å²) in [7, 11) is 2.89. The number of imide groups is 1. The lowest BCUT2D eigenvalue weighted by Crippen LogP contribution is -2.42. The lowest BCUT2D eigenvalue weighted by molar-refractivity contribution is -0.133. The predicted octanol–water partition coefficient (Wildman–Crippen LogP) is 3.53. The number of urea groups is 1. The summed E-state index contributed by atoms with van der Waals surface area (Å²) in [6, 6.07) is 9.39. The van der Waals surface area contributed by atoms with E-state index in [1.165, 1.54) is 26.4 Å². The Labute approximate surface area is 186 Å². The highest BCUT2D eigenvalue weighted by Gasteiger charge is 2.49. The quantitative estimate of drug-likeness (QED) is 0.597. The van der Waals surface area contributed by atoms with Gasteiger partial charge in [-0.15, -0.1) is 0 Å². The molecule has 2 aromatic carbocycles. The second kappa shape index (κ2) is 8.53. The van der Waals surface area contributed by atoms with E-state index in [2.05, 4.69) is 26.6 Å². The first-order chi connectivity index (χ1) is 14.2. The standard InChI is InChI=1S/C20H19BrClN3O5/c1-20(11-5-4-6-12(21)7-11)18(27)25(19(28)24-20)10-17(26)23-14-8-13(22)15(29-2)9-16(14)30-3/h4-9H,10H2,1-3H3,(H,23,26)(H,24,28). The van der Waals surface area contributed by atoms with E-state index in [-0.39, 0.29) is 10.7 Å². The number of anilines is 1. The molecule has 1 unspecified atom stereocenters. The van der Waals surface area contributed by atoms with Crippen LogP contribution in [0.3, 0.4) is 0 Å². The Morgan fingerprint density at radius 2 is 1.90 bits per heavy atom. The molecular weight excluding hydrogens is 478 g/mol. The third kappa shape index (κ3) is 4.08. The van der Waals surface area contributed by atoms with Gasteiger partial charge in [0.2, 0.25) is 5.91 Å². The van der Waals surface area contributed by atoms with E-state index < -0.39 is 29.9 Å². The van der Waals surface area contributed by atoms with Crippen molar-refractivity contribution in [2.45, 2.75) is 12.5 Å². The molecule has 0 aromatic heterocycles.